The zero-order valence-electron chi connectivity index (χ0n) is 22.6. The van der Waals surface area contributed by atoms with E-state index in [1.54, 1.807) is 20.3 Å². The number of carboxylic acids is 1. The number of fused-ring (bicyclic) bond motifs is 1. The van der Waals surface area contributed by atoms with Crippen molar-refractivity contribution in [1.29, 1.82) is 0 Å². The van der Waals surface area contributed by atoms with Gasteiger partial charge in [-0.1, -0.05) is 45.9 Å². The smallest absolute Gasteiger partial charge is 0.328 e. The Bertz CT molecular complexity index is 1330. The monoisotopic (exact) mass is 500 g/mol. The highest BCUT2D eigenvalue weighted by Crippen LogP contribution is 2.50. The van der Waals surface area contributed by atoms with E-state index < -0.39 is 5.97 Å². The minimum absolute atomic E-state index is 0.0129. The topological polar surface area (TPSA) is 65.0 Å². The lowest BCUT2D eigenvalue weighted by Gasteiger charge is -2.42. The molecule has 0 aromatic heterocycles. The normalized spacial score (nSPS) is 15.7. The molecule has 1 aliphatic carbocycles. The van der Waals surface area contributed by atoms with E-state index in [0.29, 0.717) is 12.4 Å². The van der Waals surface area contributed by atoms with Gasteiger partial charge in [0.15, 0.2) is 0 Å². The number of carbonyl (C=O) groups is 1. The summed E-state index contributed by atoms with van der Waals surface area (Å²) in [6, 6.07) is 18.0. The van der Waals surface area contributed by atoms with Crippen LogP contribution < -0.4 is 14.2 Å². The predicted octanol–water partition coefficient (Wildman–Crippen LogP) is 7.40. The second kappa shape index (κ2) is 10.3. The van der Waals surface area contributed by atoms with Crippen LogP contribution in [0.1, 0.15) is 62.8 Å². The van der Waals surface area contributed by atoms with Crippen LogP contribution in [0, 0.1) is 0 Å². The molecule has 194 valence electrons. The van der Waals surface area contributed by atoms with Crippen LogP contribution >= 0.6 is 0 Å². The fourth-order valence-electron chi connectivity index (χ4n) is 5.05. The number of ether oxygens (including phenoxy) is 3. The fourth-order valence-corrected chi connectivity index (χ4v) is 5.05. The van der Waals surface area contributed by atoms with Crippen molar-refractivity contribution in [3.05, 3.63) is 82.9 Å². The van der Waals surface area contributed by atoms with E-state index in [0.717, 1.165) is 52.7 Å². The lowest BCUT2D eigenvalue weighted by Crippen LogP contribution is -2.33. The van der Waals surface area contributed by atoms with Crippen LogP contribution in [0.2, 0.25) is 0 Å². The van der Waals surface area contributed by atoms with Crippen molar-refractivity contribution in [2.75, 3.05) is 14.2 Å². The second-order valence-corrected chi connectivity index (χ2v) is 10.9. The summed E-state index contributed by atoms with van der Waals surface area (Å²) in [4.78, 5) is 11.1. The number of hydrogen-bond donors (Lipinski definition) is 1. The molecule has 0 heterocycles. The molecule has 0 atom stereocenters. The van der Waals surface area contributed by atoms with Crippen molar-refractivity contribution < 1.29 is 24.1 Å². The lowest BCUT2D eigenvalue weighted by atomic mass is 9.62. The van der Waals surface area contributed by atoms with Gasteiger partial charge in [0.05, 0.1) is 14.2 Å². The van der Waals surface area contributed by atoms with E-state index in [1.807, 2.05) is 42.5 Å². The van der Waals surface area contributed by atoms with Gasteiger partial charge in [0.25, 0.3) is 0 Å². The Morgan fingerprint density at radius 1 is 0.865 bits per heavy atom. The molecule has 3 aromatic carbocycles. The molecule has 0 saturated heterocycles. The van der Waals surface area contributed by atoms with Crippen LogP contribution in [0.4, 0.5) is 0 Å². The SMILES string of the molecule is COc1cccc(COc2cc3c(cc2-c2cc(/C=C/C(=O)O)ccc2OC)C(C)(C)CCC3(C)C)c1. The number of carboxylic acid groups (broad SMARTS) is 1. The summed E-state index contributed by atoms with van der Waals surface area (Å²) < 4.78 is 17.7. The average molecular weight is 501 g/mol. The van der Waals surface area contributed by atoms with E-state index in [9.17, 15) is 4.79 Å². The van der Waals surface area contributed by atoms with Crippen LogP contribution in [0.15, 0.2) is 60.7 Å². The van der Waals surface area contributed by atoms with E-state index in [4.69, 9.17) is 19.3 Å². The number of methoxy groups -OCH3 is 2. The Morgan fingerprint density at radius 3 is 2.19 bits per heavy atom. The van der Waals surface area contributed by atoms with Gasteiger partial charge in [-0.3, -0.25) is 0 Å². The number of benzene rings is 3. The largest absolute Gasteiger partial charge is 0.497 e. The Kier molecular flexibility index (Phi) is 7.35. The van der Waals surface area contributed by atoms with Crippen molar-refractivity contribution in [3.8, 4) is 28.4 Å². The predicted molar refractivity (Wildman–Crippen MR) is 148 cm³/mol. The van der Waals surface area contributed by atoms with Gasteiger partial charge < -0.3 is 19.3 Å². The third-order valence-corrected chi connectivity index (χ3v) is 7.41. The van der Waals surface area contributed by atoms with Gasteiger partial charge in [-0.2, -0.15) is 0 Å². The highest BCUT2D eigenvalue weighted by molar-refractivity contribution is 5.86. The Balaban J connectivity index is 1.89. The number of rotatable bonds is 8. The van der Waals surface area contributed by atoms with Crippen LogP contribution in [-0.2, 0) is 22.2 Å². The third kappa shape index (κ3) is 5.66. The molecule has 37 heavy (non-hydrogen) atoms. The molecule has 5 heteroatoms. The molecule has 3 aromatic rings. The van der Waals surface area contributed by atoms with E-state index >= 15 is 0 Å². The molecular weight excluding hydrogens is 464 g/mol. The average Bonchev–Trinajstić information content (AvgIpc) is 2.88. The lowest BCUT2D eigenvalue weighted by molar-refractivity contribution is -0.131. The Labute approximate surface area is 219 Å². The summed E-state index contributed by atoms with van der Waals surface area (Å²) in [6.45, 7) is 9.57. The maximum Gasteiger partial charge on any atom is 0.328 e. The standard InChI is InChI=1S/C32H36O5/c1-31(2)14-15-32(3,4)27-19-29(37-20-22-8-7-9-23(16-22)35-5)25(18-26(27)31)24-17-21(11-13-30(33)34)10-12-28(24)36-6/h7-13,16-19H,14-15,20H2,1-6H3,(H,33,34)/b13-11+. The fraction of sp³-hybridized carbons (Fsp3) is 0.344. The second-order valence-electron chi connectivity index (χ2n) is 10.9. The number of aliphatic carboxylic acids is 1. The summed E-state index contributed by atoms with van der Waals surface area (Å²) in [7, 11) is 3.30. The van der Waals surface area contributed by atoms with E-state index in [2.05, 4.69) is 39.8 Å². The van der Waals surface area contributed by atoms with Gasteiger partial charge in [-0.05, 0) is 88.4 Å². The van der Waals surface area contributed by atoms with Gasteiger partial charge in [0.2, 0.25) is 0 Å². The molecule has 0 saturated carbocycles. The summed E-state index contributed by atoms with van der Waals surface area (Å²) >= 11 is 0. The molecule has 5 nitrogen and oxygen atoms in total. The zero-order valence-corrected chi connectivity index (χ0v) is 22.6. The van der Waals surface area contributed by atoms with Crippen molar-refractivity contribution in [2.45, 2.75) is 58.0 Å². The Hall–Kier alpha value is -3.73. The van der Waals surface area contributed by atoms with Gasteiger partial charge in [-0.25, -0.2) is 4.79 Å². The number of hydrogen-bond acceptors (Lipinski definition) is 4. The quantitative estimate of drug-likeness (QED) is 0.327. The highest BCUT2D eigenvalue weighted by atomic mass is 16.5. The van der Waals surface area contributed by atoms with Crippen molar-refractivity contribution in [1.82, 2.24) is 0 Å². The third-order valence-electron chi connectivity index (χ3n) is 7.41. The van der Waals surface area contributed by atoms with E-state index in [-0.39, 0.29) is 10.8 Å². The first-order chi connectivity index (χ1) is 17.5. The van der Waals surface area contributed by atoms with Gasteiger partial charge >= 0.3 is 5.97 Å². The Morgan fingerprint density at radius 2 is 1.54 bits per heavy atom. The minimum atomic E-state index is -0.988. The first-order valence-electron chi connectivity index (χ1n) is 12.6. The minimum Gasteiger partial charge on any atom is -0.497 e. The maximum absolute atomic E-state index is 11.1. The van der Waals surface area contributed by atoms with Crippen LogP contribution in [0.25, 0.3) is 17.2 Å². The van der Waals surface area contributed by atoms with Gasteiger partial charge in [0.1, 0.15) is 23.9 Å². The summed E-state index contributed by atoms with van der Waals surface area (Å²) in [6.07, 6.45) is 4.92. The molecule has 0 unspecified atom stereocenters. The van der Waals surface area contributed by atoms with Gasteiger partial charge in [-0.15, -0.1) is 0 Å². The van der Waals surface area contributed by atoms with Crippen molar-refractivity contribution in [3.63, 3.8) is 0 Å². The summed E-state index contributed by atoms with van der Waals surface area (Å²) in [5, 5.41) is 9.12. The summed E-state index contributed by atoms with van der Waals surface area (Å²) in [5.74, 6) is 1.27. The molecule has 4 rings (SSSR count). The van der Waals surface area contributed by atoms with Gasteiger partial charge in [0, 0.05) is 17.2 Å². The summed E-state index contributed by atoms with van der Waals surface area (Å²) in [5.41, 5.74) is 6.21. The zero-order chi connectivity index (χ0) is 26.8. The maximum atomic E-state index is 11.1. The molecule has 1 N–H and O–H groups in total. The molecule has 0 fully saturated rings. The van der Waals surface area contributed by atoms with Crippen molar-refractivity contribution >= 4 is 12.0 Å². The highest BCUT2D eigenvalue weighted by Gasteiger charge is 2.38. The molecule has 0 bridgehead atoms. The molecule has 0 aliphatic heterocycles. The van der Waals surface area contributed by atoms with Crippen LogP contribution in [0.5, 0.6) is 17.2 Å². The van der Waals surface area contributed by atoms with E-state index in [1.165, 1.54) is 11.1 Å². The van der Waals surface area contributed by atoms with Crippen LogP contribution in [-0.4, -0.2) is 25.3 Å². The molecular formula is C32H36O5. The van der Waals surface area contributed by atoms with Crippen LogP contribution in [0.3, 0.4) is 0 Å². The molecule has 0 amide bonds. The van der Waals surface area contributed by atoms with Crippen molar-refractivity contribution in [2.24, 2.45) is 0 Å². The molecule has 0 radical (unpaired) electrons. The molecule has 0 spiro atoms. The first-order valence-corrected chi connectivity index (χ1v) is 12.6. The molecule has 1 aliphatic rings. The first kappa shape index (κ1) is 26.3.